The van der Waals surface area contributed by atoms with E-state index in [9.17, 15) is 0 Å². The second-order valence-electron chi connectivity index (χ2n) is 4.62. The molecule has 2 rings (SSSR count). The van der Waals surface area contributed by atoms with Crippen molar-refractivity contribution in [1.29, 1.82) is 0 Å². The van der Waals surface area contributed by atoms with Crippen LogP contribution in [0.3, 0.4) is 0 Å². The van der Waals surface area contributed by atoms with Crippen LogP contribution < -0.4 is 16.6 Å². The molecule has 1 aromatic carbocycles. The summed E-state index contributed by atoms with van der Waals surface area (Å²) in [5.74, 6) is 7.35. The number of aromatic nitrogens is 2. The highest BCUT2D eigenvalue weighted by Crippen LogP contribution is 2.22. The van der Waals surface area contributed by atoms with Crippen LogP contribution in [0.25, 0.3) is 10.9 Å². The Kier molecular flexibility index (Phi) is 4.52. The standard InChI is InChI=1S/C14H21N5/c1-3-10(4-2)9-16-13-11-7-5-6-8-12(11)17-14(18-13)19-15/h5-8,10H,3-4,9,15H2,1-2H3,(H2,16,17,18,19). The summed E-state index contributed by atoms with van der Waals surface area (Å²) in [6.45, 7) is 5.33. The number of hydrogen-bond donors (Lipinski definition) is 3. The molecule has 0 amide bonds. The van der Waals surface area contributed by atoms with Gasteiger partial charge in [-0.05, 0) is 18.1 Å². The van der Waals surface area contributed by atoms with Gasteiger partial charge in [0.2, 0.25) is 5.95 Å². The van der Waals surface area contributed by atoms with Crippen molar-refractivity contribution >= 4 is 22.7 Å². The molecule has 0 bridgehead atoms. The summed E-state index contributed by atoms with van der Waals surface area (Å²) in [4.78, 5) is 8.74. The van der Waals surface area contributed by atoms with E-state index in [0.29, 0.717) is 11.9 Å². The first-order valence-corrected chi connectivity index (χ1v) is 6.75. The van der Waals surface area contributed by atoms with Crippen molar-refractivity contribution in [3.8, 4) is 0 Å². The third kappa shape index (κ3) is 3.12. The van der Waals surface area contributed by atoms with Crippen LogP contribution in [-0.4, -0.2) is 16.5 Å². The maximum atomic E-state index is 5.42. The van der Waals surface area contributed by atoms with E-state index in [1.165, 1.54) is 0 Å². The number of rotatable bonds is 6. The van der Waals surface area contributed by atoms with Gasteiger partial charge in [0.1, 0.15) is 5.82 Å². The van der Waals surface area contributed by atoms with Gasteiger partial charge in [-0.2, -0.15) is 4.98 Å². The highest BCUT2D eigenvalue weighted by atomic mass is 15.3. The maximum Gasteiger partial charge on any atom is 0.239 e. The lowest BCUT2D eigenvalue weighted by atomic mass is 10.0. The van der Waals surface area contributed by atoms with E-state index in [1.54, 1.807) is 0 Å². The van der Waals surface area contributed by atoms with Gasteiger partial charge in [-0.25, -0.2) is 10.8 Å². The maximum absolute atomic E-state index is 5.42. The molecule has 0 radical (unpaired) electrons. The highest BCUT2D eigenvalue weighted by Gasteiger charge is 2.08. The first-order valence-electron chi connectivity index (χ1n) is 6.75. The highest BCUT2D eigenvalue weighted by molar-refractivity contribution is 5.89. The molecule has 0 saturated carbocycles. The van der Waals surface area contributed by atoms with Gasteiger partial charge >= 0.3 is 0 Å². The summed E-state index contributed by atoms with van der Waals surface area (Å²) in [7, 11) is 0. The summed E-state index contributed by atoms with van der Waals surface area (Å²) in [6, 6.07) is 7.93. The lowest BCUT2D eigenvalue weighted by Crippen LogP contribution is -2.16. The predicted molar refractivity (Wildman–Crippen MR) is 79.9 cm³/mol. The van der Waals surface area contributed by atoms with Crippen molar-refractivity contribution in [3.63, 3.8) is 0 Å². The Morgan fingerprint density at radius 3 is 2.58 bits per heavy atom. The van der Waals surface area contributed by atoms with Crippen LogP contribution in [0.1, 0.15) is 26.7 Å². The summed E-state index contributed by atoms with van der Waals surface area (Å²) in [5, 5.41) is 4.44. The Bertz CT molecular complexity index is 536. The summed E-state index contributed by atoms with van der Waals surface area (Å²) in [5.41, 5.74) is 3.40. The monoisotopic (exact) mass is 259 g/mol. The fourth-order valence-electron chi connectivity index (χ4n) is 2.09. The minimum atomic E-state index is 0.436. The van der Waals surface area contributed by atoms with Crippen molar-refractivity contribution in [2.45, 2.75) is 26.7 Å². The van der Waals surface area contributed by atoms with E-state index in [0.717, 1.165) is 36.1 Å². The lowest BCUT2D eigenvalue weighted by Gasteiger charge is -2.15. The Hall–Kier alpha value is -1.88. The Labute approximate surface area is 113 Å². The summed E-state index contributed by atoms with van der Waals surface area (Å²) in [6.07, 6.45) is 2.32. The molecule has 102 valence electrons. The summed E-state index contributed by atoms with van der Waals surface area (Å²) >= 11 is 0. The van der Waals surface area contributed by atoms with Crippen molar-refractivity contribution in [3.05, 3.63) is 24.3 Å². The second-order valence-corrected chi connectivity index (χ2v) is 4.62. The minimum Gasteiger partial charge on any atom is -0.369 e. The number of benzene rings is 1. The molecule has 0 aliphatic rings. The third-order valence-corrected chi connectivity index (χ3v) is 3.45. The van der Waals surface area contributed by atoms with E-state index in [-0.39, 0.29) is 0 Å². The average Bonchev–Trinajstić information content (AvgIpc) is 2.47. The van der Waals surface area contributed by atoms with E-state index in [4.69, 9.17) is 5.84 Å². The molecule has 0 spiro atoms. The molecule has 0 aliphatic carbocycles. The van der Waals surface area contributed by atoms with Gasteiger partial charge in [-0.1, -0.05) is 38.8 Å². The van der Waals surface area contributed by atoms with Crippen LogP contribution >= 0.6 is 0 Å². The number of hydrogen-bond acceptors (Lipinski definition) is 5. The largest absolute Gasteiger partial charge is 0.369 e. The number of para-hydroxylation sites is 1. The zero-order valence-electron chi connectivity index (χ0n) is 11.5. The van der Waals surface area contributed by atoms with Gasteiger partial charge in [0, 0.05) is 11.9 Å². The van der Waals surface area contributed by atoms with E-state index in [1.807, 2.05) is 24.3 Å². The fraction of sp³-hybridized carbons (Fsp3) is 0.429. The van der Waals surface area contributed by atoms with Gasteiger partial charge in [0.25, 0.3) is 0 Å². The van der Waals surface area contributed by atoms with Gasteiger partial charge in [0.15, 0.2) is 0 Å². The topological polar surface area (TPSA) is 75.9 Å². The molecule has 5 nitrogen and oxygen atoms in total. The number of nitrogens with one attached hydrogen (secondary N) is 2. The SMILES string of the molecule is CCC(CC)CNc1nc(NN)nc2ccccc12. The zero-order chi connectivity index (χ0) is 13.7. The lowest BCUT2D eigenvalue weighted by molar-refractivity contribution is 0.518. The number of nitrogens with zero attached hydrogens (tertiary/aromatic N) is 2. The number of anilines is 2. The van der Waals surface area contributed by atoms with Crippen molar-refractivity contribution < 1.29 is 0 Å². The van der Waals surface area contributed by atoms with E-state index in [2.05, 4.69) is 34.6 Å². The summed E-state index contributed by atoms with van der Waals surface area (Å²) < 4.78 is 0. The zero-order valence-corrected chi connectivity index (χ0v) is 11.5. The predicted octanol–water partition coefficient (Wildman–Crippen LogP) is 2.76. The van der Waals surface area contributed by atoms with Crippen LogP contribution in [0, 0.1) is 5.92 Å². The second kappa shape index (κ2) is 6.33. The molecule has 0 unspecified atom stereocenters. The van der Waals surface area contributed by atoms with Gasteiger partial charge in [-0.15, -0.1) is 0 Å². The number of nitrogens with two attached hydrogens (primary N) is 1. The molecule has 19 heavy (non-hydrogen) atoms. The molecule has 0 atom stereocenters. The molecular formula is C14H21N5. The van der Waals surface area contributed by atoms with Crippen LogP contribution in [0.15, 0.2) is 24.3 Å². The first kappa shape index (κ1) is 13.5. The third-order valence-electron chi connectivity index (χ3n) is 3.45. The molecule has 1 aromatic heterocycles. The molecule has 4 N–H and O–H groups in total. The van der Waals surface area contributed by atoms with E-state index >= 15 is 0 Å². The van der Waals surface area contributed by atoms with Crippen LogP contribution in [0.5, 0.6) is 0 Å². The van der Waals surface area contributed by atoms with Crippen molar-refractivity contribution in [2.24, 2.45) is 11.8 Å². The smallest absolute Gasteiger partial charge is 0.239 e. The Balaban J connectivity index is 2.30. The van der Waals surface area contributed by atoms with Crippen LogP contribution in [-0.2, 0) is 0 Å². The van der Waals surface area contributed by atoms with Crippen LogP contribution in [0.4, 0.5) is 11.8 Å². The molecular weight excluding hydrogens is 238 g/mol. The van der Waals surface area contributed by atoms with Gasteiger partial charge < -0.3 is 5.32 Å². The molecule has 0 fully saturated rings. The molecule has 0 aliphatic heterocycles. The van der Waals surface area contributed by atoms with E-state index < -0.39 is 0 Å². The molecule has 1 heterocycles. The Morgan fingerprint density at radius 2 is 1.89 bits per heavy atom. The average molecular weight is 259 g/mol. The van der Waals surface area contributed by atoms with Crippen molar-refractivity contribution in [1.82, 2.24) is 9.97 Å². The number of hydrazine groups is 1. The normalized spacial score (nSPS) is 10.9. The first-order chi connectivity index (χ1) is 9.28. The molecule has 5 heteroatoms. The van der Waals surface area contributed by atoms with Crippen molar-refractivity contribution in [2.75, 3.05) is 17.3 Å². The molecule has 0 saturated heterocycles. The number of nitrogen functional groups attached to an aromatic ring is 1. The van der Waals surface area contributed by atoms with Gasteiger partial charge in [0.05, 0.1) is 5.52 Å². The minimum absolute atomic E-state index is 0.436. The fourth-order valence-corrected chi connectivity index (χ4v) is 2.09. The van der Waals surface area contributed by atoms with Gasteiger partial charge in [-0.3, -0.25) is 5.43 Å². The quantitative estimate of drug-likeness (QED) is 0.549. The number of fused-ring (bicyclic) bond motifs is 1. The molecule has 2 aromatic rings. The Morgan fingerprint density at radius 1 is 1.16 bits per heavy atom. The van der Waals surface area contributed by atoms with Crippen LogP contribution in [0.2, 0.25) is 0 Å².